The first kappa shape index (κ1) is 19.6. The van der Waals surface area contributed by atoms with Crippen molar-refractivity contribution in [1.82, 2.24) is 0 Å². The molecule has 1 N–H and O–H groups in total. The van der Waals surface area contributed by atoms with Crippen LogP contribution >= 0.6 is 55.4 Å². The van der Waals surface area contributed by atoms with E-state index in [0.717, 1.165) is 18.7 Å². The molecule has 126 valence electrons. The summed E-state index contributed by atoms with van der Waals surface area (Å²) in [6, 6.07) is 16.3. The molecule has 0 amide bonds. The van der Waals surface area contributed by atoms with Crippen molar-refractivity contribution in [3.8, 4) is 0 Å². The number of hydrogen-bond donors (Lipinski definition) is 1. The zero-order valence-corrected chi connectivity index (χ0v) is 17.7. The first-order chi connectivity index (χ1) is 11.4. The van der Waals surface area contributed by atoms with Crippen molar-refractivity contribution >= 4 is 61.4 Å². The van der Waals surface area contributed by atoms with Gasteiger partial charge in [0.25, 0.3) is 0 Å². The summed E-state index contributed by atoms with van der Waals surface area (Å²) in [6.07, 6.45) is 2.98. The molecule has 0 saturated heterocycles. The Morgan fingerprint density at radius 2 is 1.38 bits per heavy atom. The van der Waals surface area contributed by atoms with Gasteiger partial charge in [0.15, 0.2) is 0 Å². The Labute approximate surface area is 167 Å². The van der Waals surface area contributed by atoms with E-state index in [9.17, 15) is 4.79 Å². The summed E-state index contributed by atoms with van der Waals surface area (Å²) in [4.78, 5) is 13.1. The smallest absolute Gasteiger partial charge is 0.327 e. The van der Waals surface area contributed by atoms with E-state index in [1.54, 1.807) is 29.6 Å². The summed E-state index contributed by atoms with van der Waals surface area (Å²) < 4.78 is 2.26. The fraction of sp³-hybridized carbons (Fsp3) is 0.167. The van der Waals surface area contributed by atoms with Crippen molar-refractivity contribution in [3.05, 3.63) is 69.6 Å². The monoisotopic (exact) mass is 486 g/mol. The van der Waals surface area contributed by atoms with E-state index in [4.69, 9.17) is 5.11 Å². The molecule has 0 aliphatic rings. The quantitative estimate of drug-likeness (QED) is 0.268. The number of carboxylic acid groups (broad SMARTS) is 1. The Kier molecular flexibility index (Phi) is 7.94. The summed E-state index contributed by atoms with van der Waals surface area (Å²) in [6.45, 7) is 2.04. The number of carboxylic acids is 1. The highest BCUT2D eigenvalue weighted by Crippen LogP contribution is 2.40. The second kappa shape index (κ2) is 9.70. The Bertz CT molecular complexity index is 652. The minimum absolute atomic E-state index is 0.100. The van der Waals surface area contributed by atoms with Crippen LogP contribution in [0, 0.1) is 5.92 Å². The number of hydrogen-bond acceptors (Lipinski definition) is 3. The average Bonchev–Trinajstić information content (AvgIpc) is 2.56. The van der Waals surface area contributed by atoms with Crippen molar-refractivity contribution in [2.24, 2.45) is 5.92 Å². The van der Waals surface area contributed by atoms with E-state index in [1.165, 1.54) is 6.08 Å². The molecule has 2 aromatic carbocycles. The van der Waals surface area contributed by atoms with Crippen molar-refractivity contribution in [2.75, 3.05) is 0 Å². The summed E-state index contributed by atoms with van der Waals surface area (Å²) in [5, 5.41) is 8.87. The molecule has 1 atom stereocenters. The van der Waals surface area contributed by atoms with Gasteiger partial charge in [0.05, 0.1) is 4.58 Å². The van der Waals surface area contributed by atoms with E-state index < -0.39 is 5.97 Å². The lowest BCUT2D eigenvalue weighted by atomic mass is 10.2. The topological polar surface area (TPSA) is 37.3 Å². The highest BCUT2D eigenvalue weighted by Gasteiger charge is 2.18. The molecule has 24 heavy (non-hydrogen) atoms. The van der Waals surface area contributed by atoms with Crippen LogP contribution in [0.2, 0.25) is 0 Å². The van der Waals surface area contributed by atoms with Gasteiger partial charge in [-0.3, -0.25) is 0 Å². The molecule has 1 unspecified atom stereocenters. The molecule has 0 fully saturated rings. The molecule has 2 aromatic rings. The average molecular weight is 488 g/mol. The molecule has 0 spiro atoms. The van der Waals surface area contributed by atoms with Gasteiger partial charge in [-0.05, 0) is 54.4 Å². The van der Waals surface area contributed by atoms with Gasteiger partial charge in [-0.15, -0.1) is 23.5 Å². The van der Waals surface area contributed by atoms with E-state index in [-0.39, 0.29) is 10.5 Å². The Hall–Kier alpha value is -0.690. The highest BCUT2D eigenvalue weighted by atomic mass is 79.9. The van der Waals surface area contributed by atoms with Crippen LogP contribution in [0.3, 0.4) is 0 Å². The van der Waals surface area contributed by atoms with Crippen LogP contribution in [0.1, 0.15) is 6.92 Å². The standard InChI is InChI=1S/C18H16Br2O2S2/c1-12(2-11-17(21)22)18(23-15-7-3-13(19)4-8-15)24-16-9-5-14(20)6-10-16/h2-12,18H,1H3,(H,21,22). The lowest BCUT2D eigenvalue weighted by Crippen LogP contribution is -2.08. The van der Waals surface area contributed by atoms with Crippen LogP contribution in [0.5, 0.6) is 0 Å². The number of halogens is 2. The number of benzene rings is 2. The zero-order valence-electron chi connectivity index (χ0n) is 12.9. The number of thioether (sulfide) groups is 2. The molecule has 6 heteroatoms. The molecule has 0 heterocycles. The predicted molar refractivity (Wildman–Crippen MR) is 110 cm³/mol. The summed E-state index contributed by atoms with van der Waals surface area (Å²) in [5.74, 6) is -0.814. The van der Waals surface area contributed by atoms with Gasteiger partial charge in [-0.2, -0.15) is 0 Å². The van der Waals surface area contributed by atoms with E-state index >= 15 is 0 Å². The maximum atomic E-state index is 10.8. The van der Waals surface area contributed by atoms with Crippen LogP contribution in [-0.4, -0.2) is 15.7 Å². The molecular formula is C18H16Br2O2S2. The van der Waals surface area contributed by atoms with Crippen molar-refractivity contribution < 1.29 is 9.90 Å². The van der Waals surface area contributed by atoms with Gasteiger partial charge in [0.1, 0.15) is 0 Å². The molecule has 0 aliphatic carbocycles. The molecule has 0 aliphatic heterocycles. The maximum Gasteiger partial charge on any atom is 0.327 e. The maximum absolute atomic E-state index is 10.8. The first-order valence-electron chi connectivity index (χ1n) is 7.19. The predicted octanol–water partition coefficient (Wildman–Crippen LogP) is 6.70. The lowest BCUT2D eigenvalue weighted by Gasteiger charge is -2.21. The fourth-order valence-electron chi connectivity index (χ4n) is 1.86. The van der Waals surface area contributed by atoms with Gasteiger partial charge >= 0.3 is 5.97 Å². The third-order valence-electron chi connectivity index (χ3n) is 3.10. The first-order valence-corrected chi connectivity index (χ1v) is 10.5. The van der Waals surface area contributed by atoms with Crippen LogP contribution in [0.15, 0.2) is 79.4 Å². The number of allylic oxidation sites excluding steroid dienone is 1. The molecule has 0 radical (unpaired) electrons. The second-order valence-electron chi connectivity index (χ2n) is 5.07. The van der Waals surface area contributed by atoms with Crippen LogP contribution < -0.4 is 0 Å². The molecule has 0 aromatic heterocycles. The van der Waals surface area contributed by atoms with E-state index in [0.29, 0.717) is 0 Å². The lowest BCUT2D eigenvalue weighted by molar-refractivity contribution is -0.131. The Morgan fingerprint density at radius 1 is 0.958 bits per heavy atom. The number of rotatable bonds is 7. The van der Waals surface area contributed by atoms with Gasteiger partial charge in [-0.25, -0.2) is 4.79 Å². The molecule has 2 rings (SSSR count). The van der Waals surface area contributed by atoms with Gasteiger partial charge in [0, 0.05) is 24.8 Å². The molecule has 0 saturated carbocycles. The number of carbonyl (C=O) groups is 1. The van der Waals surface area contributed by atoms with Crippen LogP contribution in [0.25, 0.3) is 0 Å². The zero-order chi connectivity index (χ0) is 17.5. The van der Waals surface area contributed by atoms with Crippen molar-refractivity contribution in [3.63, 3.8) is 0 Å². The normalized spacial score (nSPS) is 12.7. The Balaban J connectivity index is 2.17. The highest BCUT2D eigenvalue weighted by molar-refractivity contribution is 9.10. The van der Waals surface area contributed by atoms with Gasteiger partial charge < -0.3 is 5.11 Å². The van der Waals surface area contributed by atoms with E-state index in [1.807, 2.05) is 31.2 Å². The Morgan fingerprint density at radius 3 is 1.75 bits per heavy atom. The van der Waals surface area contributed by atoms with E-state index in [2.05, 4.69) is 56.1 Å². The van der Waals surface area contributed by atoms with Crippen molar-refractivity contribution in [1.29, 1.82) is 0 Å². The van der Waals surface area contributed by atoms with Gasteiger partial charge in [0.2, 0.25) is 0 Å². The summed E-state index contributed by atoms with van der Waals surface area (Å²) >= 11 is 10.4. The number of aliphatic carboxylic acids is 1. The minimum Gasteiger partial charge on any atom is -0.478 e. The second-order valence-corrected chi connectivity index (χ2v) is 9.63. The third-order valence-corrected chi connectivity index (χ3v) is 7.15. The SMILES string of the molecule is CC(C=CC(=O)O)C(Sc1ccc(Br)cc1)Sc1ccc(Br)cc1. The minimum atomic E-state index is -0.914. The molecule has 0 bridgehead atoms. The van der Waals surface area contributed by atoms with Crippen molar-refractivity contribution in [2.45, 2.75) is 21.3 Å². The van der Waals surface area contributed by atoms with Gasteiger partial charge in [-0.1, -0.05) is 44.9 Å². The third kappa shape index (κ3) is 6.67. The molecular weight excluding hydrogens is 472 g/mol. The van der Waals surface area contributed by atoms with Crippen LogP contribution in [-0.2, 0) is 4.79 Å². The summed E-state index contributed by atoms with van der Waals surface area (Å²) in [7, 11) is 0. The van der Waals surface area contributed by atoms with Crippen LogP contribution in [0.4, 0.5) is 0 Å². The largest absolute Gasteiger partial charge is 0.478 e. The summed E-state index contributed by atoms with van der Waals surface area (Å²) in [5.41, 5.74) is 0. The molecule has 2 nitrogen and oxygen atoms in total. The fourth-order valence-corrected chi connectivity index (χ4v) is 4.98.